The molecule has 5 rings (SSSR count). The van der Waals surface area contributed by atoms with E-state index >= 15 is 0 Å². The van der Waals surface area contributed by atoms with Crippen LogP contribution in [0.1, 0.15) is 0 Å². The summed E-state index contributed by atoms with van der Waals surface area (Å²) >= 11 is 4.44. The SMILES string of the molecule is Nc1nc(-c2csc(Nc3nc4cc5c(cc4s3)OCO5)n2)cs1. The summed E-state index contributed by atoms with van der Waals surface area (Å²) in [5.41, 5.74) is 8.13. The second-order valence-corrected chi connectivity index (χ2v) is 7.70. The maximum Gasteiger partial charge on any atom is 0.231 e. The van der Waals surface area contributed by atoms with E-state index in [0.29, 0.717) is 5.13 Å². The minimum atomic E-state index is 0.265. The third-order valence-electron chi connectivity index (χ3n) is 3.39. The van der Waals surface area contributed by atoms with E-state index in [1.807, 2.05) is 22.9 Å². The Bertz CT molecular complexity index is 1010. The molecule has 7 nitrogen and oxygen atoms in total. The van der Waals surface area contributed by atoms with Gasteiger partial charge >= 0.3 is 0 Å². The smallest absolute Gasteiger partial charge is 0.231 e. The molecule has 4 heterocycles. The highest BCUT2D eigenvalue weighted by molar-refractivity contribution is 7.22. The fraction of sp³-hybridized carbons (Fsp3) is 0.0714. The number of rotatable bonds is 3. The van der Waals surface area contributed by atoms with Crippen LogP contribution in [-0.4, -0.2) is 21.7 Å². The van der Waals surface area contributed by atoms with E-state index in [1.54, 1.807) is 11.3 Å². The minimum Gasteiger partial charge on any atom is -0.454 e. The van der Waals surface area contributed by atoms with Gasteiger partial charge in [-0.1, -0.05) is 11.3 Å². The second-order valence-electron chi connectivity index (χ2n) is 4.93. The molecule has 0 radical (unpaired) electrons. The zero-order chi connectivity index (χ0) is 16.1. The molecule has 0 fully saturated rings. The van der Waals surface area contributed by atoms with Crippen molar-refractivity contribution in [1.29, 1.82) is 0 Å². The monoisotopic (exact) mass is 375 g/mol. The van der Waals surface area contributed by atoms with Gasteiger partial charge in [-0.3, -0.25) is 0 Å². The fourth-order valence-electron chi connectivity index (χ4n) is 2.32. The Labute approximate surface area is 147 Å². The molecule has 1 aliphatic heterocycles. The van der Waals surface area contributed by atoms with E-state index in [1.165, 1.54) is 22.7 Å². The lowest BCUT2D eigenvalue weighted by Crippen LogP contribution is -1.92. The van der Waals surface area contributed by atoms with Gasteiger partial charge < -0.3 is 20.5 Å². The van der Waals surface area contributed by atoms with Crippen molar-refractivity contribution in [1.82, 2.24) is 15.0 Å². The third-order valence-corrected chi connectivity index (χ3v) is 5.75. The van der Waals surface area contributed by atoms with Crippen LogP contribution in [0.5, 0.6) is 11.5 Å². The maximum absolute atomic E-state index is 5.67. The van der Waals surface area contributed by atoms with E-state index < -0.39 is 0 Å². The molecular formula is C14H9N5O2S3. The van der Waals surface area contributed by atoms with Gasteiger partial charge in [0.05, 0.1) is 10.2 Å². The largest absolute Gasteiger partial charge is 0.454 e. The summed E-state index contributed by atoms with van der Waals surface area (Å²) < 4.78 is 11.8. The molecule has 0 saturated carbocycles. The molecule has 1 aliphatic rings. The number of thiazole rings is 3. The Kier molecular flexibility index (Phi) is 3.08. The van der Waals surface area contributed by atoms with Crippen molar-refractivity contribution in [3.63, 3.8) is 0 Å². The minimum absolute atomic E-state index is 0.265. The van der Waals surface area contributed by atoms with E-state index in [-0.39, 0.29) is 6.79 Å². The first-order chi connectivity index (χ1) is 11.7. The molecule has 1 aromatic carbocycles. The van der Waals surface area contributed by atoms with Crippen LogP contribution >= 0.6 is 34.0 Å². The second kappa shape index (κ2) is 5.30. The highest BCUT2D eigenvalue weighted by Crippen LogP contribution is 2.39. The summed E-state index contributed by atoms with van der Waals surface area (Å²) in [6, 6.07) is 3.84. The summed E-state index contributed by atoms with van der Waals surface area (Å²) in [6.45, 7) is 0.265. The topological polar surface area (TPSA) is 95.2 Å². The van der Waals surface area contributed by atoms with Crippen LogP contribution in [0.4, 0.5) is 15.4 Å². The van der Waals surface area contributed by atoms with E-state index in [9.17, 15) is 0 Å². The summed E-state index contributed by atoms with van der Waals surface area (Å²) in [7, 11) is 0. The van der Waals surface area contributed by atoms with Crippen molar-refractivity contribution >= 4 is 59.6 Å². The summed E-state index contributed by atoms with van der Waals surface area (Å²) in [4.78, 5) is 13.4. The predicted octanol–water partition coefficient (Wildman–Crippen LogP) is 3.93. The van der Waals surface area contributed by atoms with E-state index in [2.05, 4.69) is 20.3 Å². The van der Waals surface area contributed by atoms with E-state index in [0.717, 1.165) is 43.4 Å². The first kappa shape index (κ1) is 14.0. The lowest BCUT2D eigenvalue weighted by molar-refractivity contribution is 0.174. The van der Waals surface area contributed by atoms with Crippen LogP contribution in [0.3, 0.4) is 0 Å². The van der Waals surface area contributed by atoms with Gasteiger partial charge in [-0.15, -0.1) is 22.7 Å². The molecule has 0 amide bonds. The van der Waals surface area contributed by atoms with Gasteiger partial charge in [0.1, 0.15) is 11.4 Å². The molecule has 120 valence electrons. The molecule has 0 unspecified atom stereocenters. The van der Waals surface area contributed by atoms with Gasteiger partial charge in [0.25, 0.3) is 0 Å². The Morgan fingerprint density at radius 2 is 1.75 bits per heavy atom. The molecule has 0 aliphatic carbocycles. The Morgan fingerprint density at radius 3 is 2.58 bits per heavy atom. The summed E-state index contributed by atoms with van der Waals surface area (Å²) in [5, 5.41) is 9.15. The van der Waals surface area contributed by atoms with Gasteiger partial charge in [0, 0.05) is 22.9 Å². The van der Waals surface area contributed by atoms with Crippen molar-refractivity contribution in [3.8, 4) is 22.9 Å². The van der Waals surface area contributed by atoms with Gasteiger partial charge in [-0.2, -0.15) is 0 Å². The van der Waals surface area contributed by atoms with Gasteiger partial charge in [-0.05, 0) is 0 Å². The number of hydrogen-bond donors (Lipinski definition) is 2. The van der Waals surface area contributed by atoms with Crippen LogP contribution in [-0.2, 0) is 0 Å². The van der Waals surface area contributed by atoms with Crippen LogP contribution in [0.2, 0.25) is 0 Å². The first-order valence-electron chi connectivity index (χ1n) is 6.89. The number of hydrogen-bond acceptors (Lipinski definition) is 10. The number of nitrogen functional groups attached to an aromatic ring is 1. The molecule has 3 aromatic heterocycles. The standard InChI is InChI=1S/C14H9N5O2S3/c15-12-16-7(3-22-12)8-4-23-13(18-8)19-14-17-6-1-9-10(21-5-20-9)2-11(6)24-14/h1-4H,5H2,(H2,15,16)(H,17,18,19). The molecule has 10 heteroatoms. The molecule has 24 heavy (non-hydrogen) atoms. The summed E-state index contributed by atoms with van der Waals surface area (Å²) in [5.74, 6) is 1.49. The van der Waals surface area contributed by atoms with Gasteiger partial charge in [0.2, 0.25) is 6.79 Å². The highest BCUT2D eigenvalue weighted by atomic mass is 32.1. The van der Waals surface area contributed by atoms with Crippen LogP contribution < -0.4 is 20.5 Å². The van der Waals surface area contributed by atoms with E-state index in [4.69, 9.17) is 15.2 Å². The normalized spacial score (nSPS) is 12.8. The molecule has 4 aromatic rings. The number of ether oxygens (including phenoxy) is 2. The van der Waals surface area contributed by atoms with Crippen molar-refractivity contribution in [2.24, 2.45) is 0 Å². The van der Waals surface area contributed by atoms with Crippen molar-refractivity contribution in [3.05, 3.63) is 22.9 Å². The summed E-state index contributed by atoms with van der Waals surface area (Å²) in [6.07, 6.45) is 0. The van der Waals surface area contributed by atoms with Crippen molar-refractivity contribution in [2.75, 3.05) is 17.8 Å². The average molecular weight is 375 g/mol. The number of nitrogens with zero attached hydrogens (tertiary/aromatic N) is 3. The molecular weight excluding hydrogens is 366 g/mol. The zero-order valence-electron chi connectivity index (χ0n) is 12.0. The Balaban J connectivity index is 1.43. The predicted molar refractivity (Wildman–Crippen MR) is 96.7 cm³/mol. The van der Waals surface area contributed by atoms with Crippen LogP contribution in [0, 0.1) is 0 Å². The lowest BCUT2D eigenvalue weighted by Gasteiger charge is -1.94. The van der Waals surface area contributed by atoms with Gasteiger partial charge in [0.15, 0.2) is 26.9 Å². The molecule has 0 spiro atoms. The molecule has 0 saturated heterocycles. The zero-order valence-corrected chi connectivity index (χ0v) is 14.4. The number of nitrogens with one attached hydrogen (secondary N) is 1. The molecule has 0 bridgehead atoms. The highest BCUT2D eigenvalue weighted by Gasteiger charge is 2.17. The van der Waals surface area contributed by atoms with Crippen molar-refractivity contribution in [2.45, 2.75) is 0 Å². The van der Waals surface area contributed by atoms with Crippen molar-refractivity contribution < 1.29 is 9.47 Å². The number of aromatic nitrogens is 3. The maximum atomic E-state index is 5.67. The number of anilines is 3. The molecule has 3 N–H and O–H groups in total. The first-order valence-corrected chi connectivity index (χ1v) is 9.46. The average Bonchev–Trinajstić information content (AvgIpc) is 3.30. The number of nitrogens with two attached hydrogens (primary N) is 1. The van der Waals surface area contributed by atoms with Crippen LogP contribution in [0.15, 0.2) is 22.9 Å². The molecule has 0 atom stereocenters. The quantitative estimate of drug-likeness (QED) is 0.560. The number of benzene rings is 1. The lowest BCUT2D eigenvalue weighted by atomic mass is 10.3. The van der Waals surface area contributed by atoms with Crippen LogP contribution in [0.25, 0.3) is 21.6 Å². The third kappa shape index (κ3) is 2.35. The van der Waals surface area contributed by atoms with Gasteiger partial charge in [-0.25, -0.2) is 15.0 Å². The Hall–Kier alpha value is -2.43. The Morgan fingerprint density at radius 1 is 0.958 bits per heavy atom. The number of fused-ring (bicyclic) bond motifs is 2. The fourth-order valence-corrected chi connectivity index (χ4v) is 4.52.